The number of nitro groups is 1. The molecule has 6 nitrogen and oxygen atoms in total. The number of nitro benzene ring substituents is 1. The van der Waals surface area contributed by atoms with E-state index < -0.39 is 34.5 Å². The van der Waals surface area contributed by atoms with E-state index in [1.807, 2.05) is 0 Å². The van der Waals surface area contributed by atoms with Gasteiger partial charge in [0.1, 0.15) is 11.4 Å². The van der Waals surface area contributed by atoms with Crippen LogP contribution in [0.15, 0.2) is 36.4 Å². The lowest BCUT2D eigenvalue weighted by molar-refractivity contribution is -0.385. The highest BCUT2D eigenvalue weighted by Gasteiger charge is 2.26. The van der Waals surface area contributed by atoms with Gasteiger partial charge >= 0.3 is 0 Å². The van der Waals surface area contributed by atoms with Crippen molar-refractivity contribution >= 4 is 23.2 Å². The van der Waals surface area contributed by atoms with Crippen molar-refractivity contribution in [3.8, 4) is 0 Å². The first kappa shape index (κ1) is 18.8. The van der Waals surface area contributed by atoms with Crippen molar-refractivity contribution in [3.63, 3.8) is 0 Å². The molecule has 0 heterocycles. The fourth-order valence-electron chi connectivity index (χ4n) is 2.47. The molecular formula is C17H16ClFN2O4. The predicted molar refractivity (Wildman–Crippen MR) is 91.1 cm³/mol. The Bertz CT molecular complexity index is 811. The highest BCUT2D eigenvalue weighted by Crippen LogP contribution is 2.27. The third-order valence-electron chi connectivity index (χ3n) is 3.75. The lowest BCUT2D eigenvalue weighted by Crippen LogP contribution is -2.37. The monoisotopic (exact) mass is 366 g/mol. The van der Waals surface area contributed by atoms with Crippen molar-refractivity contribution in [2.75, 3.05) is 0 Å². The van der Waals surface area contributed by atoms with Crippen LogP contribution in [0.25, 0.3) is 0 Å². The molecule has 0 radical (unpaired) electrons. The minimum atomic E-state index is -1.10. The molecule has 8 heteroatoms. The maximum absolute atomic E-state index is 13.0. The number of rotatable bonds is 5. The third kappa shape index (κ3) is 4.32. The number of carbonyl (C=O) groups excluding carboxylic acids is 1. The van der Waals surface area contributed by atoms with E-state index in [9.17, 15) is 24.4 Å². The van der Waals surface area contributed by atoms with Gasteiger partial charge in [0.2, 0.25) is 0 Å². The molecule has 0 saturated heterocycles. The van der Waals surface area contributed by atoms with E-state index in [1.54, 1.807) is 6.92 Å². The van der Waals surface area contributed by atoms with Crippen LogP contribution in [-0.2, 0) is 0 Å². The van der Waals surface area contributed by atoms with Gasteiger partial charge < -0.3 is 10.4 Å². The van der Waals surface area contributed by atoms with Gasteiger partial charge in [-0.3, -0.25) is 14.9 Å². The van der Waals surface area contributed by atoms with Crippen molar-refractivity contribution in [1.29, 1.82) is 0 Å². The van der Waals surface area contributed by atoms with Crippen LogP contribution in [0.1, 0.15) is 34.5 Å². The van der Waals surface area contributed by atoms with Gasteiger partial charge in [-0.2, -0.15) is 0 Å². The van der Waals surface area contributed by atoms with E-state index in [1.165, 1.54) is 37.3 Å². The van der Waals surface area contributed by atoms with Crippen LogP contribution >= 0.6 is 11.6 Å². The number of carbonyl (C=O) groups is 1. The Morgan fingerprint density at radius 2 is 1.92 bits per heavy atom. The first-order valence-electron chi connectivity index (χ1n) is 7.39. The normalized spacial score (nSPS) is 13.2. The number of hydrogen-bond donors (Lipinski definition) is 2. The Hall–Kier alpha value is -2.51. The standard InChI is InChI=1S/C17H16ClFN2O4/c1-9-7-12(18)8-14(21(24)25)15(9)17(23)20-10(2)16(22)11-3-5-13(19)6-4-11/h3-8,10,16,22H,1-2H3,(H,20,23). The summed E-state index contributed by atoms with van der Waals surface area (Å²) in [6.45, 7) is 3.08. The number of benzene rings is 2. The second-order valence-electron chi connectivity index (χ2n) is 5.63. The number of aliphatic hydroxyl groups excluding tert-OH is 1. The lowest BCUT2D eigenvalue weighted by Gasteiger charge is -2.21. The molecule has 2 aromatic rings. The topological polar surface area (TPSA) is 92.5 Å². The second-order valence-corrected chi connectivity index (χ2v) is 6.07. The van der Waals surface area contributed by atoms with Gasteiger partial charge in [0, 0.05) is 11.1 Å². The molecule has 2 rings (SSSR count). The van der Waals surface area contributed by atoms with Gasteiger partial charge in [0.05, 0.1) is 17.1 Å². The number of nitrogens with one attached hydrogen (secondary N) is 1. The van der Waals surface area contributed by atoms with Crippen molar-refractivity contribution in [1.82, 2.24) is 5.32 Å². The van der Waals surface area contributed by atoms with Crippen molar-refractivity contribution in [2.45, 2.75) is 26.0 Å². The summed E-state index contributed by atoms with van der Waals surface area (Å²) in [6, 6.07) is 6.99. The molecule has 132 valence electrons. The van der Waals surface area contributed by atoms with E-state index in [0.717, 1.165) is 6.07 Å². The van der Waals surface area contributed by atoms with Gasteiger partial charge in [-0.25, -0.2) is 4.39 Å². The molecule has 0 bridgehead atoms. The molecule has 0 aliphatic carbocycles. The van der Waals surface area contributed by atoms with E-state index in [-0.39, 0.29) is 10.6 Å². The molecule has 0 aromatic heterocycles. The summed E-state index contributed by atoms with van der Waals surface area (Å²) < 4.78 is 13.0. The van der Waals surface area contributed by atoms with Crippen LogP contribution in [0.3, 0.4) is 0 Å². The molecule has 2 aromatic carbocycles. The molecule has 2 N–H and O–H groups in total. The van der Waals surface area contributed by atoms with Gasteiger partial charge in [-0.1, -0.05) is 23.7 Å². The molecular weight excluding hydrogens is 351 g/mol. The summed E-state index contributed by atoms with van der Waals surface area (Å²) in [5.74, 6) is -1.14. The smallest absolute Gasteiger partial charge is 0.283 e. The highest BCUT2D eigenvalue weighted by molar-refractivity contribution is 6.31. The van der Waals surface area contributed by atoms with Gasteiger partial charge in [0.25, 0.3) is 11.6 Å². The first-order chi connectivity index (χ1) is 11.7. The van der Waals surface area contributed by atoms with Gasteiger partial charge in [0.15, 0.2) is 0 Å². The minimum Gasteiger partial charge on any atom is -0.386 e. The number of halogens is 2. The van der Waals surface area contributed by atoms with Crippen LogP contribution in [0, 0.1) is 22.9 Å². The Kier molecular flexibility index (Phi) is 5.71. The molecule has 0 fully saturated rings. The molecule has 0 aliphatic rings. The zero-order chi connectivity index (χ0) is 18.7. The SMILES string of the molecule is Cc1cc(Cl)cc([N+](=O)[O-])c1C(=O)NC(C)C(O)c1ccc(F)cc1. The molecule has 0 aliphatic heterocycles. The van der Waals surface area contributed by atoms with Crippen molar-refractivity contribution < 1.29 is 19.2 Å². The minimum absolute atomic E-state index is 0.118. The average Bonchev–Trinajstić information content (AvgIpc) is 2.53. The van der Waals surface area contributed by atoms with Crippen LogP contribution in [0.2, 0.25) is 5.02 Å². The van der Waals surface area contributed by atoms with Crippen molar-refractivity contribution in [2.24, 2.45) is 0 Å². The molecule has 0 saturated carbocycles. The van der Waals surface area contributed by atoms with Crippen molar-refractivity contribution in [3.05, 3.63) is 74.0 Å². The summed E-state index contributed by atoms with van der Waals surface area (Å²) in [5.41, 5.74) is 0.232. The number of amides is 1. The summed E-state index contributed by atoms with van der Waals surface area (Å²) in [7, 11) is 0. The summed E-state index contributed by atoms with van der Waals surface area (Å²) in [6.07, 6.45) is -1.10. The molecule has 0 spiro atoms. The Morgan fingerprint density at radius 3 is 2.48 bits per heavy atom. The lowest BCUT2D eigenvalue weighted by atomic mass is 10.0. The highest BCUT2D eigenvalue weighted by atomic mass is 35.5. The Morgan fingerprint density at radius 1 is 1.32 bits per heavy atom. The number of hydrogen-bond acceptors (Lipinski definition) is 4. The van der Waals surface area contributed by atoms with Crippen LogP contribution < -0.4 is 5.32 Å². The Labute approximate surface area is 148 Å². The third-order valence-corrected chi connectivity index (χ3v) is 3.97. The Balaban J connectivity index is 2.24. The summed E-state index contributed by atoms with van der Waals surface area (Å²) >= 11 is 5.81. The second kappa shape index (κ2) is 7.58. The van der Waals surface area contributed by atoms with Crippen LogP contribution in [0.4, 0.5) is 10.1 Å². The largest absolute Gasteiger partial charge is 0.386 e. The van der Waals surface area contributed by atoms with Gasteiger partial charge in [-0.15, -0.1) is 0 Å². The number of aryl methyl sites for hydroxylation is 1. The predicted octanol–water partition coefficient (Wildman–Crippen LogP) is 3.55. The zero-order valence-corrected chi connectivity index (χ0v) is 14.2. The molecule has 2 atom stereocenters. The number of aliphatic hydroxyl groups is 1. The maximum Gasteiger partial charge on any atom is 0.283 e. The van der Waals surface area contributed by atoms with E-state index in [0.29, 0.717) is 11.1 Å². The maximum atomic E-state index is 13.0. The van der Waals surface area contributed by atoms with E-state index >= 15 is 0 Å². The fraction of sp³-hybridized carbons (Fsp3) is 0.235. The average molecular weight is 367 g/mol. The number of nitrogens with zero attached hydrogens (tertiary/aromatic N) is 1. The molecule has 2 unspecified atom stereocenters. The molecule has 25 heavy (non-hydrogen) atoms. The van der Waals surface area contributed by atoms with Gasteiger partial charge in [-0.05, 0) is 43.2 Å². The summed E-state index contributed by atoms with van der Waals surface area (Å²) in [5, 5.41) is 24.1. The first-order valence-corrected chi connectivity index (χ1v) is 7.77. The molecule has 1 amide bonds. The van der Waals surface area contributed by atoms with Crippen LogP contribution in [-0.4, -0.2) is 22.0 Å². The van der Waals surface area contributed by atoms with E-state index in [2.05, 4.69) is 5.32 Å². The quantitative estimate of drug-likeness (QED) is 0.625. The fourth-order valence-corrected chi connectivity index (χ4v) is 2.74. The summed E-state index contributed by atoms with van der Waals surface area (Å²) in [4.78, 5) is 23.0. The van der Waals surface area contributed by atoms with E-state index in [4.69, 9.17) is 11.6 Å². The van der Waals surface area contributed by atoms with Crippen LogP contribution in [0.5, 0.6) is 0 Å². The zero-order valence-electron chi connectivity index (χ0n) is 13.5.